The van der Waals surface area contributed by atoms with Gasteiger partial charge >= 0.3 is 0 Å². The van der Waals surface area contributed by atoms with Gasteiger partial charge in [-0.1, -0.05) is 18.7 Å². The second-order valence-electron chi connectivity index (χ2n) is 8.28. The molecular formula is C26H24N6O2. The van der Waals surface area contributed by atoms with Gasteiger partial charge in [-0.25, -0.2) is 9.50 Å². The number of carbonyl (C=O) groups is 2. The molecule has 3 heterocycles. The highest BCUT2D eigenvalue weighted by atomic mass is 16.1. The lowest BCUT2D eigenvalue weighted by atomic mass is 10.0. The second kappa shape index (κ2) is 8.47. The molecule has 1 fully saturated rings. The fourth-order valence-corrected chi connectivity index (χ4v) is 4.02. The Hall–Kier alpha value is -4.46. The van der Waals surface area contributed by atoms with Crippen LogP contribution in [0, 0.1) is 0 Å². The average molecular weight is 453 g/mol. The Morgan fingerprint density at radius 1 is 1.06 bits per heavy atom. The first-order chi connectivity index (χ1) is 16.5. The number of primary amides is 1. The van der Waals surface area contributed by atoms with Crippen molar-refractivity contribution < 1.29 is 9.59 Å². The van der Waals surface area contributed by atoms with Crippen molar-refractivity contribution in [1.29, 1.82) is 0 Å². The first-order valence-corrected chi connectivity index (χ1v) is 11.0. The zero-order valence-electron chi connectivity index (χ0n) is 18.7. The predicted octanol–water partition coefficient (Wildman–Crippen LogP) is 3.49. The van der Waals surface area contributed by atoms with E-state index in [-0.39, 0.29) is 5.91 Å². The summed E-state index contributed by atoms with van der Waals surface area (Å²) in [7, 11) is 1.61. The highest BCUT2D eigenvalue weighted by Gasteiger charge is 2.32. The van der Waals surface area contributed by atoms with Gasteiger partial charge in [-0.15, -0.1) is 0 Å². The van der Waals surface area contributed by atoms with Crippen molar-refractivity contribution in [3.63, 3.8) is 0 Å². The van der Waals surface area contributed by atoms with E-state index in [9.17, 15) is 9.59 Å². The summed E-state index contributed by atoms with van der Waals surface area (Å²) in [6.45, 7) is 4.37. The number of nitrogens with one attached hydrogen (secondary N) is 1. The van der Waals surface area contributed by atoms with Crippen molar-refractivity contribution in [3.8, 4) is 11.1 Å². The maximum absolute atomic E-state index is 11.9. The standard InChI is InChI=1S/C26H24N6O2/c1-16(32(21-8-9-21)24-10-7-20(14-29-24)25(27)33)19-11-12-31-23(13-19)22(15-30-31)17-3-5-18(6-4-17)26(34)28-2/h3-7,10-15,21H,1,8-9H2,2H3,(H2,27,33)(H,28,34). The minimum Gasteiger partial charge on any atom is -0.366 e. The van der Waals surface area contributed by atoms with E-state index in [1.165, 1.54) is 6.20 Å². The average Bonchev–Trinajstić information content (AvgIpc) is 3.61. The van der Waals surface area contributed by atoms with E-state index in [0.717, 1.165) is 46.6 Å². The van der Waals surface area contributed by atoms with Crippen LogP contribution in [0.1, 0.15) is 39.1 Å². The summed E-state index contributed by atoms with van der Waals surface area (Å²) in [4.78, 5) is 29.9. The lowest BCUT2D eigenvalue weighted by Gasteiger charge is -2.26. The van der Waals surface area contributed by atoms with E-state index in [1.807, 2.05) is 35.1 Å². The van der Waals surface area contributed by atoms with E-state index >= 15 is 0 Å². The van der Waals surface area contributed by atoms with Crippen molar-refractivity contribution in [2.24, 2.45) is 5.73 Å². The van der Waals surface area contributed by atoms with Gasteiger partial charge in [0.05, 0.1) is 17.3 Å². The van der Waals surface area contributed by atoms with Crippen molar-refractivity contribution in [1.82, 2.24) is 19.9 Å². The number of hydrogen-bond acceptors (Lipinski definition) is 5. The molecule has 3 N–H and O–H groups in total. The fourth-order valence-electron chi connectivity index (χ4n) is 4.02. The molecule has 34 heavy (non-hydrogen) atoms. The van der Waals surface area contributed by atoms with Crippen LogP contribution in [0.4, 0.5) is 5.82 Å². The number of fused-ring (bicyclic) bond motifs is 1. The van der Waals surface area contributed by atoms with Crippen molar-refractivity contribution in [2.45, 2.75) is 18.9 Å². The van der Waals surface area contributed by atoms with Crippen LogP contribution in [-0.4, -0.2) is 39.5 Å². The number of pyridine rings is 2. The summed E-state index contributed by atoms with van der Waals surface area (Å²) in [5.74, 6) is 0.108. The van der Waals surface area contributed by atoms with Crippen LogP contribution in [-0.2, 0) is 0 Å². The fraction of sp³-hybridized carbons (Fsp3) is 0.154. The lowest BCUT2D eigenvalue weighted by molar-refractivity contribution is 0.0961. The number of nitrogens with zero attached hydrogens (tertiary/aromatic N) is 4. The molecule has 1 aliphatic carbocycles. The number of hydrogen-bond donors (Lipinski definition) is 2. The van der Waals surface area contributed by atoms with Crippen LogP contribution in [0.3, 0.4) is 0 Å². The molecule has 0 atom stereocenters. The van der Waals surface area contributed by atoms with E-state index in [2.05, 4.69) is 32.9 Å². The Balaban J connectivity index is 1.49. The van der Waals surface area contributed by atoms with Crippen molar-refractivity contribution in [2.75, 3.05) is 11.9 Å². The number of carbonyl (C=O) groups excluding carboxylic acids is 2. The third-order valence-corrected chi connectivity index (χ3v) is 6.02. The summed E-state index contributed by atoms with van der Waals surface area (Å²) in [5, 5.41) is 7.12. The molecule has 0 aliphatic heterocycles. The van der Waals surface area contributed by atoms with E-state index in [4.69, 9.17) is 5.73 Å². The first-order valence-electron chi connectivity index (χ1n) is 11.0. The number of benzene rings is 1. The minimum absolute atomic E-state index is 0.123. The number of aromatic nitrogens is 3. The second-order valence-corrected chi connectivity index (χ2v) is 8.28. The monoisotopic (exact) mass is 452 g/mol. The van der Waals surface area contributed by atoms with Crippen LogP contribution in [0.2, 0.25) is 0 Å². The molecule has 8 heteroatoms. The largest absolute Gasteiger partial charge is 0.366 e. The number of amides is 2. The number of anilines is 1. The van der Waals surface area contributed by atoms with Gasteiger partial charge in [0.2, 0.25) is 5.91 Å². The van der Waals surface area contributed by atoms with E-state index < -0.39 is 5.91 Å². The zero-order valence-corrected chi connectivity index (χ0v) is 18.7. The van der Waals surface area contributed by atoms with Crippen LogP contribution in [0.5, 0.6) is 0 Å². The molecule has 0 radical (unpaired) electrons. The van der Waals surface area contributed by atoms with Crippen LogP contribution < -0.4 is 16.0 Å². The molecule has 1 aromatic carbocycles. The molecule has 4 aromatic rings. The van der Waals surface area contributed by atoms with Gasteiger partial charge in [-0.2, -0.15) is 5.10 Å². The van der Waals surface area contributed by atoms with Crippen LogP contribution in [0.15, 0.2) is 73.7 Å². The number of rotatable bonds is 7. The molecule has 8 nitrogen and oxygen atoms in total. The minimum atomic E-state index is -0.502. The smallest absolute Gasteiger partial charge is 0.251 e. The predicted molar refractivity (Wildman–Crippen MR) is 131 cm³/mol. The van der Waals surface area contributed by atoms with Gasteiger partial charge in [0.15, 0.2) is 0 Å². The Kier molecular flexibility index (Phi) is 5.33. The molecule has 0 bridgehead atoms. The highest BCUT2D eigenvalue weighted by molar-refractivity contribution is 5.95. The summed E-state index contributed by atoms with van der Waals surface area (Å²) in [6, 6.07) is 15.3. The SMILES string of the molecule is C=C(c1ccn2ncc(-c3ccc(C(=O)NC)cc3)c2c1)N(c1ccc(C(N)=O)cn1)C1CC1. The lowest BCUT2D eigenvalue weighted by Crippen LogP contribution is -2.24. The van der Waals surface area contributed by atoms with Gasteiger partial charge in [0, 0.05) is 47.9 Å². The maximum Gasteiger partial charge on any atom is 0.251 e. The Labute approximate surface area is 196 Å². The highest BCUT2D eigenvalue weighted by Crippen LogP contribution is 2.37. The van der Waals surface area contributed by atoms with Crippen LogP contribution in [0.25, 0.3) is 22.3 Å². The molecule has 3 aromatic heterocycles. The molecule has 170 valence electrons. The van der Waals surface area contributed by atoms with Crippen molar-refractivity contribution in [3.05, 3.63) is 90.4 Å². The maximum atomic E-state index is 11.9. The quantitative estimate of drug-likeness (QED) is 0.447. The molecule has 5 rings (SSSR count). The Morgan fingerprint density at radius 2 is 1.79 bits per heavy atom. The summed E-state index contributed by atoms with van der Waals surface area (Å²) >= 11 is 0. The Bertz CT molecular complexity index is 1400. The summed E-state index contributed by atoms with van der Waals surface area (Å²) in [5.41, 5.74) is 11.0. The molecule has 1 aliphatic rings. The molecule has 0 saturated heterocycles. The third kappa shape index (κ3) is 3.90. The van der Waals surface area contributed by atoms with E-state index in [0.29, 0.717) is 17.2 Å². The zero-order chi connectivity index (χ0) is 23.8. The van der Waals surface area contributed by atoms with Gasteiger partial charge in [-0.3, -0.25) is 9.59 Å². The molecule has 2 amide bonds. The molecule has 0 spiro atoms. The molecular weight excluding hydrogens is 428 g/mol. The summed E-state index contributed by atoms with van der Waals surface area (Å²) < 4.78 is 1.82. The Morgan fingerprint density at radius 3 is 2.41 bits per heavy atom. The van der Waals surface area contributed by atoms with Gasteiger partial charge in [0.1, 0.15) is 5.82 Å². The third-order valence-electron chi connectivity index (χ3n) is 6.02. The topological polar surface area (TPSA) is 106 Å². The first kappa shape index (κ1) is 21.4. The molecule has 0 unspecified atom stereocenters. The number of nitrogens with two attached hydrogens (primary N) is 1. The normalized spacial score (nSPS) is 13.0. The molecule has 1 saturated carbocycles. The van der Waals surface area contributed by atoms with Crippen molar-refractivity contribution >= 4 is 28.8 Å². The van der Waals surface area contributed by atoms with Crippen LogP contribution >= 0.6 is 0 Å². The van der Waals surface area contributed by atoms with E-state index in [1.54, 1.807) is 31.3 Å². The van der Waals surface area contributed by atoms with Gasteiger partial charge in [-0.05, 0) is 54.8 Å². The summed E-state index contributed by atoms with van der Waals surface area (Å²) in [6.07, 6.45) is 7.33. The van der Waals surface area contributed by atoms with Gasteiger partial charge < -0.3 is 16.0 Å². The van der Waals surface area contributed by atoms with Gasteiger partial charge in [0.25, 0.3) is 5.91 Å².